The maximum absolute atomic E-state index is 12.3. The SMILES string of the molecule is Cc1cccc(Cl)c1OCc1ccc(C(=O)Nc2cc([N+](=O)[O-])ccc2O)o1. The summed E-state index contributed by atoms with van der Waals surface area (Å²) in [6.07, 6.45) is 0. The van der Waals surface area contributed by atoms with E-state index in [0.29, 0.717) is 16.5 Å². The Morgan fingerprint density at radius 2 is 2.07 bits per heavy atom. The quantitative estimate of drug-likeness (QED) is 0.351. The van der Waals surface area contributed by atoms with Crippen LogP contribution in [0.3, 0.4) is 0 Å². The number of amides is 1. The van der Waals surface area contributed by atoms with E-state index in [2.05, 4.69) is 5.32 Å². The Labute approximate surface area is 164 Å². The van der Waals surface area contributed by atoms with Gasteiger partial charge >= 0.3 is 0 Å². The molecule has 1 heterocycles. The molecule has 0 aliphatic rings. The Kier molecular flexibility index (Phi) is 5.51. The molecule has 0 atom stereocenters. The van der Waals surface area contributed by atoms with Gasteiger partial charge in [0, 0.05) is 12.1 Å². The lowest BCUT2D eigenvalue weighted by Crippen LogP contribution is -2.11. The van der Waals surface area contributed by atoms with Gasteiger partial charge in [-0.2, -0.15) is 0 Å². The lowest BCUT2D eigenvalue weighted by atomic mass is 10.2. The van der Waals surface area contributed by atoms with Crippen molar-refractivity contribution in [3.8, 4) is 11.5 Å². The third-order valence-electron chi connectivity index (χ3n) is 3.85. The fraction of sp³-hybridized carbons (Fsp3) is 0.105. The number of ether oxygens (including phenoxy) is 1. The predicted octanol–water partition coefficient (Wildman–Crippen LogP) is 4.69. The van der Waals surface area contributed by atoms with Crippen LogP contribution in [0.1, 0.15) is 21.9 Å². The highest BCUT2D eigenvalue weighted by Gasteiger charge is 2.17. The number of phenols is 1. The van der Waals surface area contributed by atoms with E-state index in [1.54, 1.807) is 12.1 Å². The number of nitrogens with one attached hydrogen (secondary N) is 1. The van der Waals surface area contributed by atoms with Crippen LogP contribution in [0.5, 0.6) is 11.5 Å². The summed E-state index contributed by atoms with van der Waals surface area (Å²) in [6, 6.07) is 11.7. The predicted molar refractivity (Wildman–Crippen MR) is 102 cm³/mol. The van der Waals surface area contributed by atoms with Gasteiger partial charge in [-0.3, -0.25) is 14.9 Å². The standard InChI is InChI=1S/C19H15ClN2O6/c1-11-3-2-4-14(20)18(11)27-10-13-6-8-17(28-13)19(24)21-15-9-12(22(25)26)5-7-16(15)23/h2-9,23H,10H2,1H3,(H,21,24). The van der Waals surface area contributed by atoms with Crippen LogP contribution in [0.2, 0.25) is 5.02 Å². The third-order valence-corrected chi connectivity index (χ3v) is 4.14. The number of nitro benzene ring substituents is 1. The zero-order valence-electron chi connectivity index (χ0n) is 14.6. The van der Waals surface area contributed by atoms with Gasteiger partial charge < -0.3 is 19.6 Å². The number of nitro groups is 1. The molecule has 0 saturated carbocycles. The van der Waals surface area contributed by atoms with Gasteiger partial charge in [0.05, 0.1) is 15.6 Å². The highest BCUT2D eigenvalue weighted by molar-refractivity contribution is 6.32. The fourth-order valence-electron chi connectivity index (χ4n) is 2.44. The number of furan rings is 1. The molecule has 144 valence electrons. The summed E-state index contributed by atoms with van der Waals surface area (Å²) in [7, 11) is 0. The van der Waals surface area contributed by atoms with Crippen molar-refractivity contribution in [2.45, 2.75) is 13.5 Å². The molecule has 9 heteroatoms. The number of carbonyl (C=O) groups is 1. The van der Waals surface area contributed by atoms with Gasteiger partial charge in [-0.05, 0) is 36.8 Å². The number of carbonyl (C=O) groups excluding carboxylic acids is 1. The number of rotatable bonds is 6. The molecule has 28 heavy (non-hydrogen) atoms. The second-order valence-corrected chi connectivity index (χ2v) is 6.26. The number of phenolic OH excluding ortho intramolecular Hbond substituents is 1. The smallest absolute Gasteiger partial charge is 0.291 e. The monoisotopic (exact) mass is 402 g/mol. The molecular formula is C19H15ClN2O6. The zero-order valence-corrected chi connectivity index (χ0v) is 15.4. The first-order valence-corrected chi connectivity index (χ1v) is 8.48. The molecule has 0 fully saturated rings. The van der Waals surface area contributed by atoms with Crippen molar-refractivity contribution in [2.75, 3.05) is 5.32 Å². The summed E-state index contributed by atoms with van der Waals surface area (Å²) in [4.78, 5) is 22.5. The molecule has 0 unspecified atom stereocenters. The Morgan fingerprint density at radius 1 is 1.29 bits per heavy atom. The second-order valence-electron chi connectivity index (χ2n) is 5.85. The van der Waals surface area contributed by atoms with Gasteiger partial charge in [-0.25, -0.2) is 0 Å². The minimum atomic E-state index is -0.670. The van der Waals surface area contributed by atoms with Gasteiger partial charge in [0.2, 0.25) is 0 Å². The van der Waals surface area contributed by atoms with E-state index in [1.165, 1.54) is 6.07 Å². The maximum Gasteiger partial charge on any atom is 0.291 e. The number of hydrogen-bond acceptors (Lipinski definition) is 6. The van der Waals surface area contributed by atoms with Crippen molar-refractivity contribution < 1.29 is 24.0 Å². The van der Waals surface area contributed by atoms with E-state index in [9.17, 15) is 20.0 Å². The molecule has 0 aliphatic carbocycles. The van der Waals surface area contributed by atoms with Crippen LogP contribution in [-0.2, 0) is 6.61 Å². The normalized spacial score (nSPS) is 10.5. The fourth-order valence-corrected chi connectivity index (χ4v) is 2.72. The molecule has 0 aliphatic heterocycles. The van der Waals surface area contributed by atoms with Crippen LogP contribution in [0.15, 0.2) is 52.9 Å². The number of anilines is 1. The van der Waals surface area contributed by atoms with E-state index >= 15 is 0 Å². The summed E-state index contributed by atoms with van der Waals surface area (Å²) in [5, 5.41) is 23.5. The molecule has 3 rings (SSSR count). The first kappa shape index (κ1) is 19.2. The van der Waals surface area contributed by atoms with E-state index in [1.807, 2.05) is 19.1 Å². The molecule has 0 bridgehead atoms. The van der Waals surface area contributed by atoms with Crippen molar-refractivity contribution in [2.24, 2.45) is 0 Å². The number of benzene rings is 2. The van der Waals surface area contributed by atoms with Crippen LogP contribution in [-0.4, -0.2) is 15.9 Å². The number of hydrogen-bond donors (Lipinski definition) is 2. The van der Waals surface area contributed by atoms with Gasteiger partial charge in [-0.1, -0.05) is 23.7 Å². The Morgan fingerprint density at radius 3 is 2.79 bits per heavy atom. The van der Waals surface area contributed by atoms with E-state index < -0.39 is 10.8 Å². The molecule has 3 aromatic rings. The molecular weight excluding hydrogens is 388 g/mol. The van der Waals surface area contributed by atoms with E-state index in [0.717, 1.165) is 23.8 Å². The Bertz CT molecular complexity index is 1030. The summed E-state index contributed by atoms with van der Waals surface area (Å²) in [5.74, 6) is -0.111. The highest BCUT2D eigenvalue weighted by atomic mass is 35.5. The van der Waals surface area contributed by atoms with Crippen LogP contribution in [0.4, 0.5) is 11.4 Å². The van der Waals surface area contributed by atoms with Crippen molar-refractivity contribution in [3.63, 3.8) is 0 Å². The molecule has 0 radical (unpaired) electrons. The molecule has 8 nitrogen and oxygen atoms in total. The third kappa shape index (κ3) is 4.24. The van der Waals surface area contributed by atoms with E-state index in [-0.39, 0.29) is 29.5 Å². The zero-order chi connectivity index (χ0) is 20.3. The number of para-hydroxylation sites is 1. The number of aryl methyl sites for hydroxylation is 1. The van der Waals surface area contributed by atoms with Gasteiger partial charge in [0.15, 0.2) is 5.76 Å². The largest absolute Gasteiger partial charge is 0.506 e. The van der Waals surface area contributed by atoms with Crippen LogP contribution in [0, 0.1) is 17.0 Å². The molecule has 2 aromatic carbocycles. The van der Waals surface area contributed by atoms with Gasteiger partial charge in [-0.15, -0.1) is 0 Å². The topological polar surface area (TPSA) is 115 Å². The summed E-state index contributed by atoms with van der Waals surface area (Å²) >= 11 is 6.10. The maximum atomic E-state index is 12.3. The summed E-state index contributed by atoms with van der Waals surface area (Å²) < 4.78 is 11.1. The Hall–Kier alpha value is -3.52. The highest BCUT2D eigenvalue weighted by Crippen LogP contribution is 2.30. The van der Waals surface area contributed by atoms with Gasteiger partial charge in [0.25, 0.3) is 11.6 Å². The average Bonchev–Trinajstić information content (AvgIpc) is 3.12. The first-order valence-electron chi connectivity index (χ1n) is 8.10. The molecule has 2 N–H and O–H groups in total. The number of nitrogens with zero attached hydrogens (tertiary/aromatic N) is 1. The number of non-ortho nitro benzene ring substituents is 1. The molecule has 0 spiro atoms. The van der Waals surface area contributed by atoms with Crippen LogP contribution in [0.25, 0.3) is 0 Å². The molecule has 0 saturated heterocycles. The summed E-state index contributed by atoms with van der Waals surface area (Å²) in [5.41, 5.74) is 0.495. The molecule has 1 amide bonds. The van der Waals surface area contributed by atoms with Crippen molar-refractivity contribution in [3.05, 3.63) is 80.8 Å². The average molecular weight is 403 g/mol. The minimum absolute atomic E-state index is 0.0413. The summed E-state index contributed by atoms with van der Waals surface area (Å²) in [6.45, 7) is 1.91. The van der Waals surface area contributed by atoms with Crippen molar-refractivity contribution in [1.29, 1.82) is 0 Å². The minimum Gasteiger partial charge on any atom is -0.506 e. The van der Waals surface area contributed by atoms with Crippen LogP contribution >= 0.6 is 11.6 Å². The first-order chi connectivity index (χ1) is 13.3. The van der Waals surface area contributed by atoms with E-state index in [4.69, 9.17) is 20.8 Å². The number of aromatic hydroxyl groups is 1. The van der Waals surface area contributed by atoms with Crippen molar-refractivity contribution in [1.82, 2.24) is 0 Å². The van der Waals surface area contributed by atoms with Gasteiger partial charge in [0.1, 0.15) is 23.9 Å². The molecule has 1 aromatic heterocycles. The lowest BCUT2D eigenvalue weighted by Gasteiger charge is -2.09. The number of halogens is 1. The second kappa shape index (κ2) is 8.01. The van der Waals surface area contributed by atoms with Crippen molar-refractivity contribution >= 4 is 28.9 Å². The lowest BCUT2D eigenvalue weighted by molar-refractivity contribution is -0.384. The Balaban J connectivity index is 1.69. The van der Waals surface area contributed by atoms with Crippen LogP contribution < -0.4 is 10.1 Å².